The van der Waals surface area contributed by atoms with Gasteiger partial charge in [0.15, 0.2) is 6.61 Å². The SMILES string of the molecule is CN(C)C(=O)c1ccc(NC(=O)COc2cccnc2[N+](=O)[O-])cc1. The molecule has 2 amide bonds. The number of nitrogens with one attached hydrogen (secondary N) is 1. The van der Waals surface area contributed by atoms with Gasteiger partial charge in [-0.15, -0.1) is 0 Å². The molecule has 9 heteroatoms. The Morgan fingerprint density at radius 2 is 1.92 bits per heavy atom. The first-order chi connectivity index (χ1) is 11.9. The van der Waals surface area contributed by atoms with Gasteiger partial charge in [-0.05, 0) is 46.3 Å². The summed E-state index contributed by atoms with van der Waals surface area (Å²) in [4.78, 5) is 38.8. The number of benzene rings is 1. The Morgan fingerprint density at radius 3 is 2.52 bits per heavy atom. The summed E-state index contributed by atoms with van der Waals surface area (Å²) in [6.07, 6.45) is 1.27. The largest absolute Gasteiger partial charge is 0.476 e. The second kappa shape index (κ2) is 7.86. The Bertz CT molecular complexity index is 789. The van der Waals surface area contributed by atoms with Crippen LogP contribution in [0.15, 0.2) is 42.6 Å². The number of rotatable bonds is 6. The van der Waals surface area contributed by atoms with Gasteiger partial charge < -0.3 is 25.1 Å². The number of ether oxygens (including phenoxy) is 1. The normalized spacial score (nSPS) is 10.0. The van der Waals surface area contributed by atoms with Crippen molar-refractivity contribution in [3.63, 3.8) is 0 Å². The van der Waals surface area contributed by atoms with Gasteiger partial charge in [0.1, 0.15) is 6.20 Å². The van der Waals surface area contributed by atoms with E-state index in [0.29, 0.717) is 11.3 Å². The summed E-state index contributed by atoms with van der Waals surface area (Å²) >= 11 is 0. The third kappa shape index (κ3) is 4.74. The molecule has 1 aromatic carbocycles. The maximum absolute atomic E-state index is 11.9. The molecule has 2 rings (SSSR count). The molecule has 2 aromatic rings. The van der Waals surface area contributed by atoms with Crippen LogP contribution in [0.1, 0.15) is 10.4 Å². The standard InChI is InChI=1S/C16H16N4O5/c1-19(2)16(22)11-5-7-12(8-6-11)18-14(21)10-25-13-4-3-9-17-15(13)20(23)24/h3-9H,10H2,1-2H3,(H,18,21). The van der Waals surface area contributed by atoms with Gasteiger partial charge in [-0.1, -0.05) is 0 Å². The van der Waals surface area contributed by atoms with Crippen molar-refractivity contribution >= 4 is 23.3 Å². The topological polar surface area (TPSA) is 115 Å². The zero-order chi connectivity index (χ0) is 18.4. The number of anilines is 1. The maximum atomic E-state index is 11.9. The Balaban J connectivity index is 1.95. The Kier molecular flexibility index (Phi) is 5.62. The number of hydrogen-bond donors (Lipinski definition) is 1. The minimum absolute atomic E-state index is 0.0884. The molecule has 0 saturated heterocycles. The molecule has 0 aliphatic heterocycles. The van der Waals surface area contributed by atoms with Crippen LogP contribution in [0.3, 0.4) is 0 Å². The van der Waals surface area contributed by atoms with E-state index in [1.807, 2.05) is 0 Å². The molecular weight excluding hydrogens is 328 g/mol. The van der Waals surface area contributed by atoms with E-state index < -0.39 is 23.3 Å². The van der Waals surface area contributed by atoms with Crippen LogP contribution in [0, 0.1) is 10.1 Å². The van der Waals surface area contributed by atoms with Gasteiger partial charge in [-0.3, -0.25) is 9.59 Å². The van der Waals surface area contributed by atoms with Crippen LogP contribution >= 0.6 is 0 Å². The van der Waals surface area contributed by atoms with Crippen molar-refractivity contribution in [2.45, 2.75) is 0 Å². The van der Waals surface area contributed by atoms with Crippen molar-refractivity contribution in [3.8, 4) is 5.75 Å². The van der Waals surface area contributed by atoms with Gasteiger partial charge in [0.05, 0.1) is 0 Å². The summed E-state index contributed by atoms with van der Waals surface area (Å²) in [5, 5.41) is 13.4. The van der Waals surface area contributed by atoms with Crippen LogP contribution in [0.4, 0.5) is 11.5 Å². The number of aromatic nitrogens is 1. The number of carbonyl (C=O) groups excluding carboxylic acids is 2. The summed E-state index contributed by atoms with van der Waals surface area (Å²) in [7, 11) is 3.29. The average Bonchev–Trinajstić information content (AvgIpc) is 2.60. The second-order valence-corrected chi connectivity index (χ2v) is 5.20. The fourth-order valence-electron chi connectivity index (χ4n) is 1.93. The van der Waals surface area contributed by atoms with Crippen molar-refractivity contribution in [2.75, 3.05) is 26.0 Å². The van der Waals surface area contributed by atoms with Crippen LogP contribution in [0.2, 0.25) is 0 Å². The molecule has 0 spiro atoms. The predicted molar refractivity (Wildman–Crippen MR) is 89.5 cm³/mol. The van der Waals surface area contributed by atoms with Gasteiger partial charge in [-0.25, -0.2) is 0 Å². The molecule has 1 N–H and O–H groups in total. The number of amides is 2. The third-order valence-corrected chi connectivity index (χ3v) is 3.10. The molecule has 0 saturated carbocycles. The molecule has 0 unspecified atom stereocenters. The molecule has 25 heavy (non-hydrogen) atoms. The van der Waals surface area contributed by atoms with E-state index in [0.717, 1.165) is 0 Å². The number of nitrogens with zero attached hydrogens (tertiary/aromatic N) is 3. The summed E-state index contributed by atoms with van der Waals surface area (Å²) in [5.41, 5.74) is 0.967. The number of nitro groups is 1. The quantitative estimate of drug-likeness (QED) is 0.630. The average molecular weight is 344 g/mol. The van der Waals surface area contributed by atoms with Gasteiger partial charge in [0.25, 0.3) is 11.8 Å². The Labute approximate surface area is 143 Å². The molecule has 0 atom stereocenters. The molecule has 9 nitrogen and oxygen atoms in total. The molecule has 0 aliphatic carbocycles. The van der Waals surface area contributed by atoms with E-state index in [4.69, 9.17) is 4.74 Å². The molecule has 1 heterocycles. The fourth-order valence-corrected chi connectivity index (χ4v) is 1.93. The monoisotopic (exact) mass is 344 g/mol. The minimum Gasteiger partial charge on any atom is -0.476 e. The summed E-state index contributed by atoms with van der Waals surface area (Å²) in [6.45, 7) is -0.412. The lowest BCUT2D eigenvalue weighted by atomic mass is 10.2. The highest BCUT2D eigenvalue weighted by atomic mass is 16.6. The smallest absolute Gasteiger partial charge is 0.406 e. The number of hydrogen-bond acceptors (Lipinski definition) is 6. The van der Waals surface area contributed by atoms with Crippen molar-refractivity contribution in [1.82, 2.24) is 9.88 Å². The lowest BCUT2D eigenvalue weighted by molar-refractivity contribution is -0.390. The van der Waals surface area contributed by atoms with E-state index in [-0.39, 0.29) is 11.7 Å². The Hall–Kier alpha value is -3.49. The van der Waals surface area contributed by atoms with Crippen LogP contribution < -0.4 is 10.1 Å². The molecule has 130 valence electrons. The fraction of sp³-hybridized carbons (Fsp3) is 0.188. The van der Waals surface area contributed by atoms with E-state index in [1.165, 1.54) is 23.2 Å². The zero-order valence-electron chi connectivity index (χ0n) is 13.6. The molecule has 1 aromatic heterocycles. The van der Waals surface area contributed by atoms with Gasteiger partial charge in [-0.2, -0.15) is 0 Å². The number of carbonyl (C=O) groups is 2. The third-order valence-electron chi connectivity index (χ3n) is 3.10. The van der Waals surface area contributed by atoms with Crippen molar-refractivity contribution in [3.05, 3.63) is 58.3 Å². The first-order valence-corrected chi connectivity index (χ1v) is 7.22. The summed E-state index contributed by atoms with van der Waals surface area (Å²) < 4.78 is 5.15. The molecule has 0 fully saturated rings. The Morgan fingerprint density at radius 1 is 1.24 bits per heavy atom. The minimum atomic E-state index is -0.687. The molecule has 0 bridgehead atoms. The number of pyridine rings is 1. The van der Waals surface area contributed by atoms with Crippen LogP contribution in [-0.4, -0.2) is 47.3 Å². The van der Waals surface area contributed by atoms with Gasteiger partial charge in [0, 0.05) is 25.3 Å². The van der Waals surface area contributed by atoms with E-state index in [1.54, 1.807) is 38.4 Å². The molecule has 0 radical (unpaired) electrons. The lowest BCUT2D eigenvalue weighted by Gasteiger charge is -2.11. The highest BCUT2D eigenvalue weighted by Gasteiger charge is 2.16. The first-order valence-electron chi connectivity index (χ1n) is 7.22. The van der Waals surface area contributed by atoms with Crippen LogP contribution in [-0.2, 0) is 4.79 Å². The summed E-state index contributed by atoms with van der Waals surface area (Å²) in [6, 6.07) is 9.18. The van der Waals surface area contributed by atoms with Gasteiger partial charge in [0.2, 0.25) is 5.75 Å². The molecular formula is C16H16N4O5. The first kappa shape index (κ1) is 17.9. The van der Waals surface area contributed by atoms with Crippen molar-refractivity contribution in [1.29, 1.82) is 0 Å². The maximum Gasteiger partial charge on any atom is 0.406 e. The second-order valence-electron chi connectivity index (χ2n) is 5.20. The predicted octanol–water partition coefficient (Wildman–Crippen LogP) is 1.71. The highest BCUT2D eigenvalue weighted by molar-refractivity contribution is 5.95. The van der Waals surface area contributed by atoms with E-state index in [9.17, 15) is 19.7 Å². The van der Waals surface area contributed by atoms with Gasteiger partial charge >= 0.3 is 5.82 Å². The van der Waals surface area contributed by atoms with E-state index >= 15 is 0 Å². The van der Waals surface area contributed by atoms with Crippen molar-refractivity contribution in [2.24, 2.45) is 0 Å². The summed E-state index contributed by atoms with van der Waals surface area (Å²) in [5.74, 6) is -1.19. The van der Waals surface area contributed by atoms with Crippen LogP contribution in [0.5, 0.6) is 5.75 Å². The van der Waals surface area contributed by atoms with Crippen LogP contribution in [0.25, 0.3) is 0 Å². The lowest BCUT2D eigenvalue weighted by Crippen LogP contribution is -2.22. The zero-order valence-corrected chi connectivity index (χ0v) is 13.6. The van der Waals surface area contributed by atoms with Crippen molar-refractivity contribution < 1.29 is 19.2 Å². The van der Waals surface area contributed by atoms with E-state index in [2.05, 4.69) is 10.3 Å². The highest BCUT2D eigenvalue weighted by Crippen LogP contribution is 2.22. The molecule has 0 aliphatic rings.